The minimum atomic E-state index is 0.340. The monoisotopic (exact) mass is 246 g/mol. The van der Waals surface area contributed by atoms with E-state index in [2.05, 4.69) is 34.1 Å². The Bertz CT molecular complexity index is 424. The van der Waals surface area contributed by atoms with Crippen molar-refractivity contribution in [3.05, 3.63) is 24.3 Å². The Hall–Kier alpha value is -1.55. The van der Waals surface area contributed by atoms with Crippen molar-refractivity contribution in [1.82, 2.24) is 0 Å². The Labute approximate surface area is 107 Å². The summed E-state index contributed by atoms with van der Waals surface area (Å²) in [6.45, 7) is 4.96. The maximum atomic E-state index is 11.3. The van der Waals surface area contributed by atoms with Gasteiger partial charge in [-0.2, -0.15) is 0 Å². The van der Waals surface area contributed by atoms with E-state index in [0.29, 0.717) is 18.7 Å². The van der Waals surface area contributed by atoms with Gasteiger partial charge in [-0.15, -0.1) is 0 Å². The van der Waals surface area contributed by atoms with Gasteiger partial charge in [0.15, 0.2) is 5.78 Å². The molecule has 0 amide bonds. The first-order valence-electron chi connectivity index (χ1n) is 6.52. The van der Waals surface area contributed by atoms with Crippen molar-refractivity contribution in [2.45, 2.75) is 6.42 Å². The molecule has 1 aromatic carbocycles. The zero-order valence-electron chi connectivity index (χ0n) is 10.5. The lowest BCUT2D eigenvalue weighted by molar-refractivity contribution is -0.116. The van der Waals surface area contributed by atoms with Crippen molar-refractivity contribution < 1.29 is 9.53 Å². The summed E-state index contributed by atoms with van der Waals surface area (Å²) in [4.78, 5) is 15.8. The number of ketones is 1. The standard InChI is InChI=1S/C14H18N2O2/c17-14-5-6-16(11-14)13-3-1-12(2-4-13)15-7-9-18-10-8-15/h1-4H,5-11H2. The summed E-state index contributed by atoms with van der Waals surface area (Å²) >= 11 is 0. The van der Waals surface area contributed by atoms with Crippen LogP contribution in [0.3, 0.4) is 0 Å². The van der Waals surface area contributed by atoms with Crippen LogP contribution in [0, 0.1) is 0 Å². The third-order valence-corrected chi connectivity index (χ3v) is 3.62. The Morgan fingerprint density at radius 1 is 0.889 bits per heavy atom. The first-order valence-corrected chi connectivity index (χ1v) is 6.52. The number of Topliss-reactive ketones (excluding diaryl/α,β-unsaturated/α-hetero) is 1. The third kappa shape index (κ3) is 2.34. The van der Waals surface area contributed by atoms with E-state index in [9.17, 15) is 4.79 Å². The molecule has 2 fully saturated rings. The third-order valence-electron chi connectivity index (χ3n) is 3.62. The van der Waals surface area contributed by atoms with Crippen LogP contribution in [0.4, 0.5) is 11.4 Å². The second kappa shape index (κ2) is 4.98. The summed E-state index contributed by atoms with van der Waals surface area (Å²) in [7, 11) is 0. The number of carbonyl (C=O) groups excluding carboxylic acids is 1. The number of morpholine rings is 1. The number of nitrogens with zero attached hydrogens (tertiary/aromatic N) is 2. The average molecular weight is 246 g/mol. The molecule has 2 heterocycles. The highest BCUT2D eigenvalue weighted by Crippen LogP contribution is 2.23. The fourth-order valence-electron chi connectivity index (χ4n) is 2.55. The van der Waals surface area contributed by atoms with Crippen LogP contribution in [0.5, 0.6) is 0 Å². The topological polar surface area (TPSA) is 32.8 Å². The van der Waals surface area contributed by atoms with Crippen LogP contribution in [0.15, 0.2) is 24.3 Å². The minimum absolute atomic E-state index is 0.340. The van der Waals surface area contributed by atoms with Crippen LogP contribution in [0.25, 0.3) is 0 Å². The predicted octanol–water partition coefficient (Wildman–Crippen LogP) is 1.30. The molecule has 2 aliphatic rings. The van der Waals surface area contributed by atoms with Crippen LogP contribution in [0.1, 0.15) is 6.42 Å². The smallest absolute Gasteiger partial charge is 0.153 e. The van der Waals surface area contributed by atoms with Crippen molar-refractivity contribution in [1.29, 1.82) is 0 Å². The molecule has 0 atom stereocenters. The predicted molar refractivity (Wildman–Crippen MR) is 71.3 cm³/mol. The zero-order valence-corrected chi connectivity index (χ0v) is 10.5. The second-order valence-electron chi connectivity index (χ2n) is 4.83. The van der Waals surface area contributed by atoms with Crippen molar-refractivity contribution in [3.63, 3.8) is 0 Å². The lowest BCUT2D eigenvalue weighted by Gasteiger charge is -2.29. The maximum absolute atomic E-state index is 11.3. The van der Waals surface area contributed by atoms with Gasteiger partial charge in [0.2, 0.25) is 0 Å². The van der Waals surface area contributed by atoms with E-state index >= 15 is 0 Å². The molecule has 3 rings (SSSR count). The van der Waals surface area contributed by atoms with Gasteiger partial charge in [0, 0.05) is 37.4 Å². The lowest BCUT2D eigenvalue weighted by atomic mass is 10.2. The molecule has 0 aromatic heterocycles. The van der Waals surface area contributed by atoms with Crippen molar-refractivity contribution in [3.8, 4) is 0 Å². The summed E-state index contributed by atoms with van der Waals surface area (Å²) in [5.74, 6) is 0.340. The summed E-state index contributed by atoms with van der Waals surface area (Å²) in [6, 6.07) is 8.51. The fraction of sp³-hybridized carbons (Fsp3) is 0.500. The molecular formula is C14H18N2O2. The first kappa shape index (κ1) is 11.5. The molecular weight excluding hydrogens is 228 g/mol. The summed E-state index contributed by atoms with van der Waals surface area (Å²) in [6.07, 6.45) is 0.686. The van der Waals surface area contributed by atoms with Crippen LogP contribution in [0.2, 0.25) is 0 Å². The van der Waals surface area contributed by atoms with E-state index in [1.807, 2.05) is 0 Å². The normalized spacial score (nSPS) is 20.6. The second-order valence-corrected chi connectivity index (χ2v) is 4.83. The molecule has 18 heavy (non-hydrogen) atoms. The van der Waals surface area contributed by atoms with Gasteiger partial charge in [-0.25, -0.2) is 0 Å². The number of anilines is 2. The molecule has 0 bridgehead atoms. The molecule has 1 aromatic rings. The largest absolute Gasteiger partial charge is 0.378 e. The number of carbonyl (C=O) groups is 1. The highest BCUT2D eigenvalue weighted by atomic mass is 16.5. The SMILES string of the molecule is O=C1CCN(c2ccc(N3CCOCC3)cc2)C1. The van der Waals surface area contributed by atoms with E-state index in [4.69, 9.17) is 4.74 Å². The maximum Gasteiger partial charge on any atom is 0.153 e. The van der Waals surface area contributed by atoms with Crippen LogP contribution >= 0.6 is 0 Å². The molecule has 4 heteroatoms. The van der Waals surface area contributed by atoms with Gasteiger partial charge < -0.3 is 14.5 Å². The minimum Gasteiger partial charge on any atom is -0.378 e. The van der Waals surface area contributed by atoms with Gasteiger partial charge in [-0.1, -0.05) is 0 Å². The molecule has 4 nitrogen and oxygen atoms in total. The molecule has 0 spiro atoms. The summed E-state index contributed by atoms with van der Waals surface area (Å²) in [5.41, 5.74) is 2.39. The van der Waals surface area contributed by atoms with Gasteiger partial charge >= 0.3 is 0 Å². The zero-order chi connectivity index (χ0) is 12.4. The molecule has 96 valence electrons. The Balaban J connectivity index is 1.70. The van der Waals surface area contributed by atoms with E-state index < -0.39 is 0 Å². The van der Waals surface area contributed by atoms with Gasteiger partial charge in [0.05, 0.1) is 19.8 Å². The van der Waals surface area contributed by atoms with E-state index in [0.717, 1.165) is 38.5 Å². The van der Waals surface area contributed by atoms with Gasteiger partial charge in [-0.05, 0) is 24.3 Å². The van der Waals surface area contributed by atoms with Crippen molar-refractivity contribution in [2.75, 3.05) is 49.2 Å². The molecule has 0 unspecified atom stereocenters. The number of benzene rings is 1. The highest BCUT2D eigenvalue weighted by Gasteiger charge is 2.19. The number of rotatable bonds is 2. The van der Waals surface area contributed by atoms with E-state index in [-0.39, 0.29) is 0 Å². The summed E-state index contributed by atoms with van der Waals surface area (Å²) < 4.78 is 5.35. The van der Waals surface area contributed by atoms with Crippen LogP contribution in [-0.2, 0) is 9.53 Å². The van der Waals surface area contributed by atoms with Gasteiger partial charge in [0.1, 0.15) is 0 Å². The Morgan fingerprint density at radius 2 is 1.50 bits per heavy atom. The number of ether oxygens (including phenoxy) is 1. The quantitative estimate of drug-likeness (QED) is 0.787. The lowest BCUT2D eigenvalue weighted by Crippen LogP contribution is -2.36. The Morgan fingerprint density at radius 3 is 2.06 bits per heavy atom. The summed E-state index contributed by atoms with van der Waals surface area (Å²) in [5, 5.41) is 0. The molecule has 0 saturated carbocycles. The first-order chi connectivity index (χ1) is 8.83. The fourth-order valence-corrected chi connectivity index (χ4v) is 2.55. The molecule has 0 radical (unpaired) electrons. The van der Waals surface area contributed by atoms with Gasteiger partial charge in [-0.3, -0.25) is 4.79 Å². The number of hydrogen-bond acceptors (Lipinski definition) is 4. The van der Waals surface area contributed by atoms with Crippen LogP contribution < -0.4 is 9.80 Å². The van der Waals surface area contributed by atoms with Crippen molar-refractivity contribution >= 4 is 17.2 Å². The molecule has 2 saturated heterocycles. The average Bonchev–Trinajstić information content (AvgIpc) is 2.87. The Kier molecular flexibility index (Phi) is 3.19. The van der Waals surface area contributed by atoms with Gasteiger partial charge in [0.25, 0.3) is 0 Å². The molecule has 0 N–H and O–H groups in total. The highest BCUT2D eigenvalue weighted by molar-refractivity contribution is 5.87. The van der Waals surface area contributed by atoms with E-state index in [1.54, 1.807) is 0 Å². The molecule has 0 aliphatic carbocycles. The number of hydrogen-bond donors (Lipinski definition) is 0. The van der Waals surface area contributed by atoms with E-state index in [1.165, 1.54) is 5.69 Å². The van der Waals surface area contributed by atoms with Crippen LogP contribution in [-0.4, -0.2) is 45.2 Å². The van der Waals surface area contributed by atoms with Crippen molar-refractivity contribution in [2.24, 2.45) is 0 Å². The molecule has 2 aliphatic heterocycles.